The summed E-state index contributed by atoms with van der Waals surface area (Å²) >= 11 is 0. The summed E-state index contributed by atoms with van der Waals surface area (Å²) in [5.41, 5.74) is 3.64. The molecule has 0 bridgehead atoms. The second-order valence-electron chi connectivity index (χ2n) is 11.0. The number of hydrogen-bond donors (Lipinski definition) is 0. The van der Waals surface area contributed by atoms with Gasteiger partial charge in [0.1, 0.15) is 5.82 Å². The van der Waals surface area contributed by atoms with Crippen molar-refractivity contribution in [1.82, 2.24) is 0 Å². The molecule has 0 radical (unpaired) electrons. The molecule has 2 heterocycles. The van der Waals surface area contributed by atoms with Gasteiger partial charge in [0.15, 0.2) is 0 Å². The van der Waals surface area contributed by atoms with Gasteiger partial charge in [-0.2, -0.15) is 0 Å². The Morgan fingerprint density at radius 1 is 0.871 bits per heavy atom. The van der Waals surface area contributed by atoms with E-state index in [0.717, 1.165) is 24.0 Å². The van der Waals surface area contributed by atoms with Crippen LogP contribution < -0.4 is 10.4 Å². The van der Waals surface area contributed by atoms with E-state index in [1.165, 1.54) is 30.2 Å². The van der Waals surface area contributed by atoms with E-state index < -0.39 is 0 Å². The van der Waals surface area contributed by atoms with Gasteiger partial charge < -0.3 is 14.2 Å². The van der Waals surface area contributed by atoms with E-state index in [1.807, 2.05) is 12.1 Å². The van der Waals surface area contributed by atoms with Crippen molar-refractivity contribution in [2.45, 2.75) is 89.4 Å². The van der Waals surface area contributed by atoms with Crippen LogP contribution in [-0.2, 0) is 14.7 Å². The maximum Gasteiger partial charge on any atom is 0.494 e. The Morgan fingerprint density at radius 3 is 2.23 bits per heavy atom. The third-order valence-corrected chi connectivity index (χ3v) is 8.72. The fourth-order valence-corrected chi connectivity index (χ4v) is 5.90. The lowest BCUT2D eigenvalue weighted by atomic mass is 9.61. The van der Waals surface area contributed by atoms with Gasteiger partial charge in [-0.25, -0.2) is 4.39 Å². The SMILES string of the molecule is CC1(C)OB(c2ccc3c(c2)C2(C)CCCCC2(C)N3c2cccc(F)c2)OC1(C)C. The molecular formula is C26H33BFNO2. The molecule has 3 nitrogen and oxygen atoms in total. The quantitative estimate of drug-likeness (QED) is 0.567. The lowest BCUT2D eigenvalue weighted by Gasteiger charge is -2.50. The summed E-state index contributed by atoms with van der Waals surface area (Å²) in [7, 11) is -0.378. The standard InChI is InChI=1S/C26H33BFNO2/c1-23(2)24(3,4)31-27(30-23)18-12-13-22-21(16-18)25(5)14-7-8-15-26(25,6)29(22)20-11-9-10-19(28)17-20/h9-13,16-17H,7-8,14-15H2,1-6H3. The highest BCUT2D eigenvalue weighted by Crippen LogP contribution is 2.60. The number of nitrogens with zero attached hydrogens (tertiary/aromatic N) is 1. The minimum atomic E-state index is -0.378. The molecule has 5 rings (SSSR count). The van der Waals surface area contributed by atoms with Crippen LogP contribution in [-0.4, -0.2) is 23.9 Å². The largest absolute Gasteiger partial charge is 0.494 e. The molecule has 1 saturated carbocycles. The Labute approximate surface area is 186 Å². The molecule has 5 heteroatoms. The first-order valence-corrected chi connectivity index (χ1v) is 11.5. The predicted octanol–water partition coefficient (Wildman–Crippen LogP) is 5.87. The molecule has 31 heavy (non-hydrogen) atoms. The normalized spacial score (nSPS) is 30.9. The van der Waals surface area contributed by atoms with Crippen LogP contribution in [0.3, 0.4) is 0 Å². The minimum Gasteiger partial charge on any atom is -0.399 e. The second kappa shape index (κ2) is 6.58. The first kappa shape index (κ1) is 21.0. The molecule has 3 aliphatic rings. The number of rotatable bonds is 2. The van der Waals surface area contributed by atoms with Gasteiger partial charge in [0.25, 0.3) is 0 Å². The lowest BCUT2D eigenvalue weighted by Crippen LogP contribution is -2.54. The van der Waals surface area contributed by atoms with Gasteiger partial charge >= 0.3 is 7.12 Å². The summed E-state index contributed by atoms with van der Waals surface area (Å²) in [5, 5.41) is 0. The molecule has 2 aromatic rings. The van der Waals surface area contributed by atoms with Crippen molar-refractivity contribution in [3.8, 4) is 0 Å². The second-order valence-corrected chi connectivity index (χ2v) is 11.0. The van der Waals surface area contributed by atoms with Crippen LogP contribution in [0.4, 0.5) is 15.8 Å². The molecule has 0 spiro atoms. The van der Waals surface area contributed by atoms with Crippen molar-refractivity contribution < 1.29 is 13.7 Å². The van der Waals surface area contributed by atoms with E-state index in [2.05, 4.69) is 64.6 Å². The van der Waals surface area contributed by atoms with Crippen LogP contribution in [0.15, 0.2) is 42.5 Å². The van der Waals surface area contributed by atoms with Crippen molar-refractivity contribution in [2.24, 2.45) is 0 Å². The maximum atomic E-state index is 14.2. The number of fused-ring (bicyclic) bond motifs is 3. The van der Waals surface area contributed by atoms with Crippen molar-refractivity contribution in [3.05, 3.63) is 53.8 Å². The van der Waals surface area contributed by atoms with E-state index in [4.69, 9.17) is 9.31 Å². The highest BCUT2D eigenvalue weighted by atomic mass is 19.1. The molecule has 2 fully saturated rings. The minimum absolute atomic E-state index is 0.0213. The molecule has 164 valence electrons. The molecular weight excluding hydrogens is 388 g/mol. The highest BCUT2D eigenvalue weighted by Gasteiger charge is 2.58. The average Bonchev–Trinajstić information content (AvgIpc) is 3.04. The van der Waals surface area contributed by atoms with Crippen molar-refractivity contribution >= 4 is 24.0 Å². The smallest absolute Gasteiger partial charge is 0.399 e. The van der Waals surface area contributed by atoms with Gasteiger partial charge in [-0.15, -0.1) is 0 Å². The van der Waals surface area contributed by atoms with Gasteiger partial charge in [0.2, 0.25) is 0 Å². The van der Waals surface area contributed by atoms with E-state index in [9.17, 15) is 4.39 Å². The van der Waals surface area contributed by atoms with Crippen LogP contribution in [0.25, 0.3) is 0 Å². The third kappa shape index (κ3) is 2.85. The Hall–Kier alpha value is -1.85. The lowest BCUT2D eigenvalue weighted by molar-refractivity contribution is 0.00578. The van der Waals surface area contributed by atoms with E-state index in [-0.39, 0.29) is 35.1 Å². The molecule has 0 N–H and O–H groups in total. The van der Waals surface area contributed by atoms with E-state index in [1.54, 1.807) is 6.07 Å². The Kier molecular flexibility index (Phi) is 4.47. The van der Waals surface area contributed by atoms with Gasteiger partial charge in [-0.1, -0.05) is 38.0 Å². The topological polar surface area (TPSA) is 21.7 Å². The summed E-state index contributed by atoms with van der Waals surface area (Å²) < 4.78 is 26.9. The zero-order valence-corrected chi connectivity index (χ0v) is 19.6. The highest BCUT2D eigenvalue weighted by molar-refractivity contribution is 6.62. The number of halogens is 1. The molecule has 1 aliphatic carbocycles. The van der Waals surface area contributed by atoms with Gasteiger partial charge in [-0.05, 0) is 82.8 Å². The van der Waals surface area contributed by atoms with Crippen molar-refractivity contribution in [3.63, 3.8) is 0 Å². The fourth-order valence-electron chi connectivity index (χ4n) is 5.90. The zero-order chi connectivity index (χ0) is 22.2. The zero-order valence-electron chi connectivity index (χ0n) is 19.6. The molecule has 0 aromatic heterocycles. The van der Waals surface area contributed by atoms with Gasteiger partial charge in [0.05, 0.1) is 16.7 Å². The molecule has 2 aromatic carbocycles. The van der Waals surface area contributed by atoms with Crippen molar-refractivity contribution in [2.75, 3.05) is 4.90 Å². The molecule has 1 saturated heterocycles. The molecule has 2 aliphatic heterocycles. The first-order valence-electron chi connectivity index (χ1n) is 11.5. The van der Waals surface area contributed by atoms with Gasteiger partial charge in [-0.3, -0.25) is 0 Å². The fraction of sp³-hybridized carbons (Fsp3) is 0.538. The molecule has 0 amide bonds. The monoisotopic (exact) mass is 421 g/mol. The summed E-state index contributed by atoms with van der Waals surface area (Å²) in [5.74, 6) is -0.194. The van der Waals surface area contributed by atoms with Crippen LogP contribution in [0.5, 0.6) is 0 Å². The summed E-state index contributed by atoms with van der Waals surface area (Å²) in [4.78, 5) is 2.39. The summed E-state index contributed by atoms with van der Waals surface area (Å²) in [6.07, 6.45) is 4.61. The third-order valence-electron chi connectivity index (χ3n) is 8.72. The molecule has 2 unspecified atom stereocenters. The van der Waals surface area contributed by atoms with Crippen LogP contribution in [0.2, 0.25) is 0 Å². The van der Waals surface area contributed by atoms with Crippen LogP contribution >= 0.6 is 0 Å². The maximum absolute atomic E-state index is 14.2. The van der Waals surface area contributed by atoms with E-state index >= 15 is 0 Å². The van der Waals surface area contributed by atoms with E-state index in [0.29, 0.717) is 0 Å². The average molecular weight is 421 g/mol. The Bertz CT molecular complexity index is 1020. The Balaban J connectivity index is 1.64. The molecule has 2 atom stereocenters. The van der Waals surface area contributed by atoms with Crippen LogP contribution in [0, 0.1) is 5.82 Å². The number of benzene rings is 2. The van der Waals surface area contributed by atoms with Crippen molar-refractivity contribution in [1.29, 1.82) is 0 Å². The Morgan fingerprint density at radius 2 is 1.55 bits per heavy atom. The summed E-state index contributed by atoms with van der Waals surface area (Å²) in [6.45, 7) is 13.1. The van der Waals surface area contributed by atoms with Crippen LogP contribution in [0.1, 0.15) is 72.8 Å². The summed E-state index contributed by atoms with van der Waals surface area (Å²) in [6, 6.07) is 13.6. The predicted molar refractivity (Wildman–Crippen MR) is 125 cm³/mol. The number of anilines is 2. The number of hydrogen-bond acceptors (Lipinski definition) is 3. The first-order chi connectivity index (χ1) is 14.5. The van der Waals surface area contributed by atoms with Gasteiger partial charge in [0, 0.05) is 16.8 Å².